The van der Waals surface area contributed by atoms with E-state index in [9.17, 15) is 14.3 Å². The average molecular weight is 314 g/mol. The van der Waals surface area contributed by atoms with Crippen molar-refractivity contribution >= 4 is 11.0 Å². The third-order valence-corrected chi connectivity index (χ3v) is 3.98. The maximum absolute atomic E-state index is 13.0. The first kappa shape index (κ1) is 15.5. The number of rotatable bonds is 5. The zero-order chi connectivity index (χ0) is 16.4. The normalized spacial score (nSPS) is 12.7. The Morgan fingerprint density at radius 2 is 1.65 bits per heavy atom. The van der Waals surface area contributed by atoms with Gasteiger partial charge in [-0.05, 0) is 36.2 Å². The number of hydrogen-bond acceptors (Lipinski definition) is 2. The largest absolute Gasteiger partial charge is 0.387 e. The summed E-state index contributed by atoms with van der Waals surface area (Å²) < 4.78 is 16.3. The Morgan fingerprint density at radius 3 is 2.26 bits per heavy atom. The van der Waals surface area contributed by atoms with Crippen LogP contribution in [0.3, 0.4) is 0 Å². The lowest BCUT2D eigenvalue weighted by molar-refractivity contribution is 0.156. The molecule has 1 heterocycles. The molecule has 0 fully saturated rings. The number of para-hydroxylation sites is 2. The molecule has 0 amide bonds. The van der Waals surface area contributed by atoms with Gasteiger partial charge in [0.1, 0.15) is 5.82 Å². The lowest BCUT2D eigenvalue weighted by atomic mass is 10.1. The van der Waals surface area contributed by atoms with Crippen molar-refractivity contribution in [2.45, 2.75) is 32.5 Å². The molecule has 23 heavy (non-hydrogen) atoms. The van der Waals surface area contributed by atoms with Gasteiger partial charge >= 0.3 is 5.69 Å². The van der Waals surface area contributed by atoms with Crippen LogP contribution in [0.2, 0.25) is 0 Å². The lowest BCUT2D eigenvalue weighted by Crippen LogP contribution is -2.26. The maximum Gasteiger partial charge on any atom is 0.329 e. The highest BCUT2D eigenvalue weighted by molar-refractivity contribution is 5.76. The Bertz CT molecular complexity index is 865. The van der Waals surface area contributed by atoms with Crippen molar-refractivity contribution in [2.24, 2.45) is 0 Å². The third kappa shape index (κ3) is 2.92. The summed E-state index contributed by atoms with van der Waals surface area (Å²) in [5.41, 5.74) is 2.12. The Hall–Kier alpha value is -2.40. The lowest BCUT2D eigenvalue weighted by Gasteiger charge is -2.12. The minimum absolute atomic E-state index is 0.130. The van der Waals surface area contributed by atoms with E-state index in [1.807, 2.05) is 31.2 Å². The first-order chi connectivity index (χ1) is 11.1. The molecule has 1 N–H and O–H groups in total. The molecule has 0 unspecified atom stereocenters. The van der Waals surface area contributed by atoms with Crippen molar-refractivity contribution in [2.75, 3.05) is 0 Å². The Labute approximate surface area is 133 Å². The molecule has 5 heteroatoms. The molecule has 1 atom stereocenters. The number of benzene rings is 2. The van der Waals surface area contributed by atoms with E-state index in [0.717, 1.165) is 17.5 Å². The van der Waals surface area contributed by atoms with E-state index >= 15 is 0 Å². The van der Waals surface area contributed by atoms with E-state index in [4.69, 9.17) is 0 Å². The molecule has 0 aliphatic heterocycles. The molecule has 0 saturated carbocycles. The van der Waals surface area contributed by atoms with Gasteiger partial charge in [-0.2, -0.15) is 0 Å². The number of imidazole rings is 1. The van der Waals surface area contributed by atoms with Gasteiger partial charge in [-0.3, -0.25) is 9.13 Å². The quantitative estimate of drug-likeness (QED) is 0.786. The second kappa shape index (κ2) is 6.38. The SMILES string of the molecule is CCCn1c(=O)n(C[C@H](O)c2ccc(F)cc2)c2ccccc21. The van der Waals surface area contributed by atoms with Gasteiger partial charge in [0, 0.05) is 6.54 Å². The summed E-state index contributed by atoms with van der Waals surface area (Å²) in [5, 5.41) is 10.4. The van der Waals surface area contributed by atoms with E-state index in [0.29, 0.717) is 12.1 Å². The molecule has 1 aromatic heterocycles. The summed E-state index contributed by atoms with van der Waals surface area (Å²) in [6.45, 7) is 2.80. The highest BCUT2D eigenvalue weighted by Gasteiger charge is 2.16. The summed E-state index contributed by atoms with van der Waals surface area (Å²) in [5.74, 6) is -0.349. The molecule has 3 aromatic rings. The monoisotopic (exact) mass is 314 g/mol. The zero-order valence-electron chi connectivity index (χ0n) is 12.9. The van der Waals surface area contributed by atoms with Gasteiger partial charge in [0.2, 0.25) is 0 Å². The first-order valence-electron chi connectivity index (χ1n) is 7.73. The molecule has 0 radical (unpaired) electrons. The molecule has 0 spiro atoms. The number of aliphatic hydroxyl groups excluding tert-OH is 1. The van der Waals surface area contributed by atoms with Gasteiger partial charge in [0.25, 0.3) is 0 Å². The second-order valence-corrected chi connectivity index (χ2v) is 5.60. The number of halogens is 1. The Morgan fingerprint density at radius 1 is 1.04 bits per heavy atom. The van der Waals surface area contributed by atoms with E-state index in [2.05, 4.69) is 0 Å². The number of nitrogens with zero attached hydrogens (tertiary/aromatic N) is 2. The van der Waals surface area contributed by atoms with Crippen LogP contribution in [0.25, 0.3) is 11.0 Å². The summed E-state index contributed by atoms with van der Waals surface area (Å²) in [6, 6.07) is 13.2. The van der Waals surface area contributed by atoms with E-state index in [1.54, 1.807) is 9.13 Å². The Kier molecular flexibility index (Phi) is 4.30. The summed E-state index contributed by atoms with van der Waals surface area (Å²) in [6.07, 6.45) is -0.0109. The predicted octanol–water partition coefficient (Wildman–Crippen LogP) is 3.09. The molecule has 0 aliphatic rings. The van der Waals surface area contributed by atoms with E-state index in [-0.39, 0.29) is 18.1 Å². The van der Waals surface area contributed by atoms with Crippen LogP contribution >= 0.6 is 0 Å². The van der Waals surface area contributed by atoms with Crippen LogP contribution in [0, 0.1) is 5.82 Å². The maximum atomic E-state index is 13.0. The summed E-state index contributed by atoms with van der Waals surface area (Å²) in [7, 11) is 0. The highest BCUT2D eigenvalue weighted by Crippen LogP contribution is 2.19. The second-order valence-electron chi connectivity index (χ2n) is 5.60. The smallest absolute Gasteiger partial charge is 0.329 e. The molecule has 0 saturated heterocycles. The topological polar surface area (TPSA) is 47.2 Å². The van der Waals surface area contributed by atoms with Crippen LogP contribution < -0.4 is 5.69 Å². The van der Waals surface area contributed by atoms with Crippen molar-refractivity contribution < 1.29 is 9.50 Å². The van der Waals surface area contributed by atoms with Crippen LogP contribution in [0.5, 0.6) is 0 Å². The standard InChI is InChI=1S/C18H19FN2O2/c1-2-11-20-15-5-3-4-6-16(15)21(18(20)23)12-17(22)13-7-9-14(19)10-8-13/h3-10,17,22H,2,11-12H2,1H3/t17-/m0/s1. The van der Waals surface area contributed by atoms with Crippen molar-refractivity contribution in [1.82, 2.24) is 9.13 Å². The number of aromatic nitrogens is 2. The molecule has 4 nitrogen and oxygen atoms in total. The molecule has 2 aromatic carbocycles. The van der Waals surface area contributed by atoms with Crippen LogP contribution in [0.15, 0.2) is 53.3 Å². The van der Waals surface area contributed by atoms with Crippen molar-refractivity contribution in [3.05, 3.63) is 70.4 Å². The zero-order valence-corrected chi connectivity index (χ0v) is 12.9. The molecule has 0 bridgehead atoms. The summed E-state index contributed by atoms with van der Waals surface area (Å²) in [4.78, 5) is 12.7. The van der Waals surface area contributed by atoms with Gasteiger partial charge < -0.3 is 5.11 Å². The fraction of sp³-hybridized carbons (Fsp3) is 0.278. The minimum atomic E-state index is -0.866. The summed E-state index contributed by atoms with van der Waals surface area (Å²) >= 11 is 0. The number of aliphatic hydroxyl groups is 1. The van der Waals surface area contributed by atoms with Gasteiger partial charge in [0.05, 0.1) is 23.7 Å². The van der Waals surface area contributed by atoms with Gasteiger partial charge in [-0.15, -0.1) is 0 Å². The Balaban J connectivity index is 2.01. The van der Waals surface area contributed by atoms with Crippen LogP contribution in [-0.2, 0) is 13.1 Å². The van der Waals surface area contributed by atoms with Gasteiger partial charge in [-0.25, -0.2) is 9.18 Å². The number of fused-ring (bicyclic) bond motifs is 1. The predicted molar refractivity (Wildman–Crippen MR) is 87.8 cm³/mol. The first-order valence-corrected chi connectivity index (χ1v) is 7.73. The molecule has 120 valence electrons. The van der Waals surface area contributed by atoms with Gasteiger partial charge in [0.15, 0.2) is 0 Å². The van der Waals surface area contributed by atoms with Crippen LogP contribution in [-0.4, -0.2) is 14.2 Å². The van der Waals surface area contributed by atoms with E-state index < -0.39 is 6.10 Å². The average Bonchev–Trinajstić information content (AvgIpc) is 2.82. The molecule has 3 rings (SSSR count). The fourth-order valence-corrected chi connectivity index (χ4v) is 2.85. The molecular weight excluding hydrogens is 295 g/mol. The van der Waals surface area contributed by atoms with E-state index in [1.165, 1.54) is 24.3 Å². The minimum Gasteiger partial charge on any atom is -0.387 e. The van der Waals surface area contributed by atoms with Crippen molar-refractivity contribution in [1.29, 1.82) is 0 Å². The highest BCUT2D eigenvalue weighted by atomic mass is 19.1. The van der Waals surface area contributed by atoms with Crippen LogP contribution in [0.4, 0.5) is 4.39 Å². The fourth-order valence-electron chi connectivity index (χ4n) is 2.85. The third-order valence-electron chi connectivity index (χ3n) is 3.98. The number of aryl methyl sites for hydroxylation is 1. The van der Waals surface area contributed by atoms with Crippen molar-refractivity contribution in [3.63, 3.8) is 0 Å². The van der Waals surface area contributed by atoms with Crippen LogP contribution in [0.1, 0.15) is 25.0 Å². The molecule has 0 aliphatic carbocycles. The van der Waals surface area contributed by atoms with Crippen molar-refractivity contribution in [3.8, 4) is 0 Å². The van der Waals surface area contributed by atoms with Gasteiger partial charge in [-0.1, -0.05) is 31.2 Å². The molecular formula is C18H19FN2O2. The number of hydrogen-bond donors (Lipinski definition) is 1.